The average molecular weight is 614 g/mol. The molecule has 218 valence electrons. The van der Waals surface area contributed by atoms with Gasteiger partial charge in [0.15, 0.2) is 0 Å². The quantitative estimate of drug-likeness (QED) is 0.181. The molecule has 0 radical (unpaired) electrons. The van der Waals surface area contributed by atoms with E-state index >= 15 is 0 Å². The van der Waals surface area contributed by atoms with Crippen LogP contribution in [-0.4, -0.2) is 0 Å². The van der Waals surface area contributed by atoms with E-state index in [1.807, 2.05) is 12.1 Å². The van der Waals surface area contributed by atoms with E-state index in [1.54, 1.807) is 11.3 Å². The molecule has 0 saturated carbocycles. The Morgan fingerprint density at radius 1 is 0.340 bits per heavy atom. The molecule has 0 fully saturated rings. The first-order valence-corrected chi connectivity index (χ1v) is 16.6. The number of hydrogen-bond donors (Lipinski definition) is 0. The van der Waals surface area contributed by atoms with Crippen molar-refractivity contribution in [2.24, 2.45) is 0 Å². The third kappa shape index (κ3) is 4.60. The molecule has 0 unspecified atom stereocenters. The third-order valence-corrected chi connectivity index (χ3v) is 10.5. The SMILES string of the molecule is N#Cc1ccc2sc3ccc(-c4ccc(-c5ccc6c(-c7ccccc7)c7ccccc7c(-c7ccccc7)c6c5)cc4)cc3c2c1. The summed E-state index contributed by atoms with van der Waals surface area (Å²) in [6.45, 7) is 0. The summed E-state index contributed by atoms with van der Waals surface area (Å²) in [5.41, 5.74) is 10.4. The van der Waals surface area contributed by atoms with E-state index in [2.05, 4.69) is 158 Å². The summed E-state index contributed by atoms with van der Waals surface area (Å²) in [5.74, 6) is 0. The molecule has 0 aliphatic carbocycles. The summed E-state index contributed by atoms with van der Waals surface area (Å²) in [7, 11) is 0. The molecule has 0 spiro atoms. The zero-order valence-corrected chi connectivity index (χ0v) is 26.3. The van der Waals surface area contributed by atoms with E-state index in [0.29, 0.717) is 5.56 Å². The van der Waals surface area contributed by atoms with Crippen LogP contribution in [0, 0.1) is 11.3 Å². The molecule has 0 amide bonds. The normalized spacial score (nSPS) is 11.4. The third-order valence-electron chi connectivity index (χ3n) is 9.30. The molecule has 9 aromatic rings. The van der Waals surface area contributed by atoms with Gasteiger partial charge in [0.2, 0.25) is 0 Å². The van der Waals surface area contributed by atoms with Crippen LogP contribution in [0.25, 0.3) is 86.2 Å². The molecular formula is C45H27NS. The standard InChI is InChI=1S/C45H27NS/c46-28-29-15-23-42-39(25-29)40-26-35(21-24-43(40)47-42)31-18-16-30(17-19-31)34-20-22-38-41(27-34)45(33-11-5-2-6-12-33)37-14-8-7-13-36(37)44(38)32-9-3-1-4-10-32/h1-27H. The van der Waals surface area contributed by atoms with Gasteiger partial charge in [-0.25, -0.2) is 0 Å². The Kier molecular flexibility index (Phi) is 6.45. The van der Waals surface area contributed by atoms with Crippen molar-refractivity contribution in [3.05, 3.63) is 169 Å². The Morgan fingerprint density at radius 2 is 0.787 bits per heavy atom. The second-order valence-corrected chi connectivity index (χ2v) is 13.1. The summed E-state index contributed by atoms with van der Waals surface area (Å²) in [6.07, 6.45) is 0. The summed E-state index contributed by atoms with van der Waals surface area (Å²) in [6, 6.07) is 61.2. The molecule has 0 aliphatic heterocycles. The van der Waals surface area contributed by atoms with Gasteiger partial charge in [-0.2, -0.15) is 5.26 Å². The van der Waals surface area contributed by atoms with Gasteiger partial charge in [0.25, 0.3) is 0 Å². The molecule has 0 aliphatic rings. The number of fused-ring (bicyclic) bond motifs is 5. The monoisotopic (exact) mass is 613 g/mol. The van der Waals surface area contributed by atoms with E-state index in [0.717, 1.165) is 5.39 Å². The lowest BCUT2D eigenvalue weighted by molar-refractivity contribution is 1.50. The van der Waals surface area contributed by atoms with Gasteiger partial charge in [0.1, 0.15) is 0 Å². The Balaban J connectivity index is 1.20. The molecule has 0 N–H and O–H groups in total. The maximum absolute atomic E-state index is 9.46. The Morgan fingerprint density at radius 3 is 1.38 bits per heavy atom. The minimum Gasteiger partial charge on any atom is -0.192 e. The van der Waals surface area contributed by atoms with Crippen LogP contribution in [0.2, 0.25) is 0 Å². The van der Waals surface area contributed by atoms with Gasteiger partial charge >= 0.3 is 0 Å². The van der Waals surface area contributed by atoms with Gasteiger partial charge in [-0.3, -0.25) is 0 Å². The second-order valence-electron chi connectivity index (χ2n) is 12.0. The van der Waals surface area contributed by atoms with Crippen LogP contribution >= 0.6 is 11.3 Å². The molecule has 0 saturated heterocycles. The van der Waals surface area contributed by atoms with Crippen LogP contribution in [0.5, 0.6) is 0 Å². The molecule has 8 aromatic carbocycles. The van der Waals surface area contributed by atoms with Gasteiger partial charge < -0.3 is 0 Å². The smallest absolute Gasteiger partial charge is 0.0991 e. The number of nitriles is 1. The van der Waals surface area contributed by atoms with Crippen LogP contribution in [-0.2, 0) is 0 Å². The van der Waals surface area contributed by atoms with Crippen molar-refractivity contribution in [2.75, 3.05) is 0 Å². The molecule has 47 heavy (non-hydrogen) atoms. The van der Waals surface area contributed by atoms with Gasteiger partial charge in [-0.15, -0.1) is 11.3 Å². The summed E-state index contributed by atoms with van der Waals surface area (Å²) >= 11 is 1.78. The minimum absolute atomic E-state index is 0.696. The number of hydrogen-bond acceptors (Lipinski definition) is 2. The van der Waals surface area contributed by atoms with Crippen LogP contribution in [0.15, 0.2) is 164 Å². The zero-order valence-electron chi connectivity index (χ0n) is 25.4. The van der Waals surface area contributed by atoms with E-state index in [9.17, 15) is 5.26 Å². The van der Waals surface area contributed by atoms with Crippen LogP contribution < -0.4 is 0 Å². The Hall–Kier alpha value is -6.01. The highest BCUT2D eigenvalue weighted by Crippen LogP contribution is 2.45. The van der Waals surface area contributed by atoms with Gasteiger partial charge in [0, 0.05) is 20.2 Å². The maximum atomic E-state index is 9.46. The van der Waals surface area contributed by atoms with Gasteiger partial charge in [-0.1, -0.05) is 127 Å². The van der Waals surface area contributed by atoms with Gasteiger partial charge in [-0.05, 0) is 102 Å². The molecule has 9 rings (SSSR count). The van der Waals surface area contributed by atoms with Crippen molar-refractivity contribution in [3.63, 3.8) is 0 Å². The van der Waals surface area contributed by atoms with Crippen LogP contribution in [0.1, 0.15) is 5.56 Å². The molecular weight excluding hydrogens is 587 g/mol. The lowest BCUT2D eigenvalue weighted by Crippen LogP contribution is -1.91. The molecule has 0 bridgehead atoms. The molecule has 1 nitrogen and oxygen atoms in total. The first-order chi connectivity index (χ1) is 23.2. The molecule has 0 atom stereocenters. The number of benzene rings is 8. The molecule has 1 aromatic heterocycles. The lowest BCUT2D eigenvalue weighted by atomic mass is 9.85. The number of rotatable bonds is 4. The predicted molar refractivity (Wildman–Crippen MR) is 201 cm³/mol. The highest BCUT2D eigenvalue weighted by atomic mass is 32.1. The van der Waals surface area contributed by atoms with E-state index in [4.69, 9.17) is 0 Å². The maximum Gasteiger partial charge on any atom is 0.0991 e. The van der Waals surface area contributed by atoms with E-state index < -0.39 is 0 Å². The fourth-order valence-electron chi connectivity index (χ4n) is 7.07. The van der Waals surface area contributed by atoms with Crippen molar-refractivity contribution >= 4 is 53.1 Å². The zero-order chi connectivity index (χ0) is 31.3. The Bertz CT molecular complexity index is 2660. The Labute approximate surface area is 277 Å². The summed E-state index contributed by atoms with van der Waals surface area (Å²) in [4.78, 5) is 0. The number of thiophene rings is 1. The summed E-state index contributed by atoms with van der Waals surface area (Å²) < 4.78 is 2.45. The molecule has 2 heteroatoms. The first-order valence-electron chi connectivity index (χ1n) is 15.8. The van der Waals surface area contributed by atoms with E-state index in [-0.39, 0.29) is 0 Å². The topological polar surface area (TPSA) is 23.8 Å². The van der Waals surface area contributed by atoms with Crippen molar-refractivity contribution < 1.29 is 0 Å². The van der Waals surface area contributed by atoms with Crippen molar-refractivity contribution in [2.45, 2.75) is 0 Å². The van der Waals surface area contributed by atoms with Gasteiger partial charge in [0.05, 0.1) is 11.6 Å². The largest absolute Gasteiger partial charge is 0.192 e. The highest BCUT2D eigenvalue weighted by molar-refractivity contribution is 7.25. The number of nitrogens with zero attached hydrogens (tertiary/aromatic N) is 1. The van der Waals surface area contributed by atoms with Crippen LogP contribution in [0.4, 0.5) is 0 Å². The minimum atomic E-state index is 0.696. The first kappa shape index (κ1) is 27.3. The highest BCUT2D eigenvalue weighted by Gasteiger charge is 2.17. The lowest BCUT2D eigenvalue weighted by Gasteiger charge is -2.18. The van der Waals surface area contributed by atoms with Crippen LogP contribution in [0.3, 0.4) is 0 Å². The van der Waals surface area contributed by atoms with Crippen molar-refractivity contribution in [3.8, 4) is 50.6 Å². The average Bonchev–Trinajstić information content (AvgIpc) is 3.51. The van der Waals surface area contributed by atoms with E-state index in [1.165, 1.54) is 80.8 Å². The second kappa shape index (κ2) is 11.1. The summed E-state index contributed by atoms with van der Waals surface area (Å²) in [5, 5.41) is 16.8. The fourth-order valence-corrected chi connectivity index (χ4v) is 8.14. The predicted octanol–water partition coefficient (Wildman–Crippen LogP) is 12.9. The van der Waals surface area contributed by atoms with Crippen molar-refractivity contribution in [1.82, 2.24) is 0 Å². The molecule has 1 heterocycles. The fraction of sp³-hybridized carbons (Fsp3) is 0. The van der Waals surface area contributed by atoms with Crippen molar-refractivity contribution in [1.29, 1.82) is 5.26 Å².